The zero-order valence-corrected chi connectivity index (χ0v) is 18.3. The lowest BCUT2D eigenvalue weighted by atomic mass is 9.60. The molecule has 1 aromatic carbocycles. The van der Waals surface area contributed by atoms with Crippen molar-refractivity contribution in [3.8, 4) is 5.75 Å². The average molecular weight is 458 g/mol. The molecule has 1 atom stereocenters. The van der Waals surface area contributed by atoms with E-state index in [0.29, 0.717) is 25.7 Å². The Hall–Kier alpha value is -2.49. The van der Waals surface area contributed by atoms with Crippen molar-refractivity contribution in [3.63, 3.8) is 0 Å². The van der Waals surface area contributed by atoms with Gasteiger partial charge in [-0.05, 0) is 71.1 Å². The first-order valence-corrected chi connectivity index (χ1v) is 10.5. The first-order chi connectivity index (χ1) is 14.8. The number of hydrogen-bond acceptors (Lipinski definition) is 5. The number of carbonyl (C=O) groups excluding carboxylic acids is 2. The van der Waals surface area contributed by atoms with Crippen LogP contribution in [0.2, 0.25) is 0 Å². The molecule has 0 saturated heterocycles. The molecule has 178 valence electrons. The van der Waals surface area contributed by atoms with E-state index in [2.05, 4.69) is 10.6 Å². The number of alkyl halides is 2. The number of alkyl carbamates (subject to hydrolysis) is 1. The molecule has 0 heterocycles. The number of carbonyl (C=O) groups is 2. The Kier molecular flexibility index (Phi) is 6.65. The van der Waals surface area contributed by atoms with Gasteiger partial charge in [0.05, 0.1) is 17.2 Å². The van der Waals surface area contributed by atoms with E-state index in [1.54, 1.807) is 20.8 Å². The number of hydrogen-bond donors (Lipinski definition) is 3. The lowest BCUT2D eigenvalue weighted by molar-refractivity contribution is -0.129. The van der Waals surface area contributed by atoms with E-state index < -0.39 is 59.2 Å². The smallest absolute Gasteiger partial charge is 0.408 e. The molecule has 3 aliphatic carbocycles. The molecule has 0 unspecified atom stereocenters. The van der Waals surface area contributed by atoms with Crippen molar-refractivity contribution in [2.24, 2.45) is 0 Å². The van der Waals surface area contributed by atoms with Gasteiger partial charge in [-0.3, -0.25) is 4.79 Å². The van der Waals surface area contributed by atoms with Gasteiger partial charge in [0.25, 0.3) is 12.3 Å². The number of fused-ring (bicyclic) bond motifs is 3. The van der Waals surface area contributed by atoms with Crippen LogP contribution in [0.15, 0.2) is 18.2 Å². The maximum absolute atomic E-state index is 13.4. The van der Waals surface area contributed by atoms with Crippen LogP contribution in [0, 0.1) is 5.82 Å². The molecule has 7 nitrogen and oxygen atoms in total. The Balaban J connectivity index is 1.55. The molecule has 2 amide bonds. The number of aliphatic hydroxyl groups is 1. The molecule has 32 heavy (non-hydrogen) atoms. The van der Waals surface area contributed by atoms with Crippen molar-refractivity contribution in [2.45, 2.75) is 82.1 Å². The van der Waals surface area contributed by atoms with E-state index in [9.17, 15) is 27.9 Å². The molecule has 3 fully saturated rings. The average Bonchev–Trinajstić information content (AvgIpc) is 2.67. The number of ether oxygens (including phenoxy) is 2. The molecule has 1 aromatic rings. The van der Waals surface area contributed by atoms with Crippen LogP contribution < -0.4 is 15.4 Å². The Morgan fingerprint density at radius 3 is 2.41 bits per heavy atom. The lowest BCUT2D eigenvalue weighted by Crippen LogP contribution is -2.70. The van der Waals surface area contributed by atoms with Gasteiger partial charge in [-0.25, -0.2) is 18.0 Å². The van der Waals surface area contributed by atoms with Gasteiger partial charge in [-0.2, -0.15) is 0 Å². The molecule has 0 aliphatic heterocycles. The number of aliphatic hydroxyl groups excluding tert-OH is 1. The molecule has 3 saturated carbocycles. The molecule has 3 N–H and O–H groups in total. The highest BCUT2D eigenvalue weighted by molar-refractivity contribution is 5.78. The summed E-state index contributed by atoms with van der Waals surface area (Å²) in [5, 5.41) is 16.4. The SMILES string of the molecule is CC(C)(C)OC(=O)NC12CCC(NC(=O)COc3ccc(F)c(C(F)F)c3)(CC1)C[C@@H]2O. The minimum Gasteiger partial charge on any atom is -0.484 e. The highest BCUT2D eigenvalue weighted by Crippen LogP contribution is 2.47. The second-order valence-corrected chi connectivity index (χ2v) is 9.60. The van der Waals surface area contributed by atoms with Crippen LogP contribution in [0.5, 0.6) is 5.75 Å². The van der Waals surface area contributed by atoms with Crippen molar-refractivity contribution in [3.05, 3.63) is 29.6 Å². The predicted molar refractivity (Wildman–Crippen MR) is 109 cm³/mol. The maximum atomic E-state index is 13.4. The van der Waals surface area contributed by atoms with Crippen molar-refractivity contribution in [1.82, 2.24) is 10.6 Å². The van der Waals surface area contributed by atoms with E-state index in [0.717, 1.165) is 12.1 Å². The fourth-order valence-corrected chi connectivity index (χ4v) is 4.43. The van der Waals surface area contributed by atoms with E-state index in [1.807, 2.05) is 0 Å². The summed E-state index contributed by atoms with van der Waals surface area (Å²) < 4.78 is 49.6. The van der Waals surface area contributed by atoms with Crippen LogP contribution in [0.25, 0.3) is 0 Å². The van der Waals surface area contributed by atoms with Gasteiger partial charge in [0, 0.05) is 5.54 Å². The highest BCUT2D eigenvalue weighted by Gasteiger charge is 2.55. The fraction of sp³-hybridized carbons (Fsp3) is 0.636. The summed E-state index contributed by atoms with van der Waals surface area (Å²) in [5.74, 6) is -1.56. The van der Waals surface area contributed by atoms with Crippen molar-refractivity contribution in [1.29, 1.82) is 0 Å². The monoisotopic (exact) mass is 458 g/mol. The second kappa shape index (κ2) is 8.80. The summed E-state index contributed by atoms with van der Waals surface area (Å²) in [6.45, 7) is 4.83. The minimum atomic E-state index is -2.99. The van der Waals surface area contributed by atoms with E-state index in [1.165, 1.54) is 6.07 Å². The van der Waals surface area contributed by atoms with Gasteiger partial charge in [0.1, 0.15) is 17.2 Å². The molecule has 3 aliphatic rings. The topological polar surface area (TPSA) is 96.9 Å². The lowest BCUT2D eigenvalue weighted by Gasteiger charge is -2.56. The summed E-state index contributed by atoms with van der Waals surface area (Å²) in [4.78, 5) is 24.7. The van der Waals surface area contributed by atoms with Gasteiger partial charge in [-0.1, -0.05) is 0 Å². The van der Waals surface area contributed by atoms with Crippen LogP contribution in [0.3, 0.4) is 0 Å². The Bertz CT molecular complexity index is 864. The Labute approximate surface area is 184 Å². The summed E-state index contributed by atoms with van der Waals surface area (Å²) in [6, 6.07) is 2.91. The second-order valence-electron chi connectivity index (χ2n) is 9.60. The molecule has 0 spiro atoms. The third-order valence-electron chi connectivity index (χ3n) is 6.05. The zero-order valence-electron chi connectivity index (χ0n) is 18.3. The number of nitrogens with one attached hydrogen (secondary N) is 2. The first kappa shape index (κ1) is 24.2. The van der Waals surface area contributed by atoms with Gasteiger partial charge >= 0.3 is 6.09 Å². The fourth-order valence-electron chi connectivity index (χ4n) is 4.43. The van der Waals surface area contributed by atoms with Gasteiger partial charge in [0.2, 0.25) is 0 Å². The van der Waals surface area contributed by atoms with Gasteiger partial charge in [-0.15, -0.1) is 0 Å². The van der Waals surface area contributed by atoms with Crippen LogP contribution in [-0.2, 0) is 9.53 Å². The Morgan fingerprint density at radius 1 is 1.19 bits per heavy atom. The van der Waals surface area contributed by atoms with E-state index in [4.69, 9.17) is 9.47 Å². The first-order valence-electron chi connectivity index (χ1n) is 10.5. The van der Waals surface area contributed by atoms with Crippen molar-refractivity contribution in [2.75, 3.05) is 6.61 Å². The predicted octanol–water partition coefficient (Wildman–Crippen LogP) is 3.60. The largest absolute Gasteiger partial charge is 0.484 e. The van der Waals surface area contributed by atoms with Crippen LogP contribution in [0.4, 0.5) is 18.0 Å². The standard InChI is InChI=1S/C22H29F3N2O5/c1-20(2,3)32-19(30)27-22-8-6-21(7-9-22,11-16(22)28)26-17(29)12-31-13-4-5-15(23)14(10-13)18(24)25/h4-5,10,16,18,28H,6-9,11-12H2,1-3H3,(H,26,29)(H,27,30)/t16-,21?,22?/m0/s1. The molecule has 2 bridgehead atoms. The van der Waals surface area contributed by atoms with Crippen LogP contribution >= 0.6 is 0 Å². The number of benzene rings is 1. The summed E-state index contributed by atoms with van der Waals surface area (Å²) >= 11 is 0. The molecular weight excluding hydrogens is 429 g/mol. The summed E-state index contributed by atoms with van der Waals surface area (Å²) in [5.41, 5.74) is -2.90. The highest BCUT2D eigenvalue weighted by atomic mass is 19.3. The van der Waals surface area contributed by atoms with E-state index >= 15 is 0 Å². The third-order valence-corrected chi connectivity index (χ3v) is 6.05. The number of rotatable bonds is 6. The summed E-state index contributed by atoms with van der Waals surface area (Å²) in [7, 11) is 0. The van der Waals surface area contributed by atoms with Crippen molar-refractivity contribution < 1.29 is 37.3 Å². The molecule has 4 rings (SSSR count). The van der Waals surface area contributed by atoms with Crippen LogP contribution in [0.1, 0.15) is 64.9 Å². The number of halogens is 3. The third kappa shape index (κ3) is 5.46. The zero-order chi connectivity index (χ0) is 23.7. The molecule has 0 radical (unpaired) electrons. The summed E-state index contributed by atoms with van der Waals surface area (Å²) in [6.07, 6.45) is -2.20. The minimum absolute atomic E-state index is 0.0396. The molecular formula is C22H29F3N2O5. The van der Waals surface area contributed by atoms with Crippen LogP contribution in [-0.4, -0.2) is 46.5 Å². The maximum Gasteiger partial charge on any atom is 0.408 e. The molecule has 0 aromatic heterocycles. The number of amides is 2. The van der Waals surface area contributed by atoms with E-state index in [-0.39, 0.29) is 12.2 Å². The van der Waals surface area contributed by atoms with Gasteiger partial charge < -0.3 is 25.2 Å². The molecule has 10 heteroatoms. The quantitative estimate of drug-likeness (QED) is 0.605. The normalized spacial score (nSPS) is 27.2. The van der Waals surface area contributed by atoms with Gasteiger partial charge in [0.15, 0.2) is 6.61 Å². The Morgan fingerprint density at radius 2 is 1.84 bits per heavy atom. The van der Waals surface area contributed by atoms with Crippen molar-refractivity contribution >= 4 is 12.0 Å².